The van der Waals surface area contributed by atoms with Gasteiger partial charge in [-0.25, -0.2) is 0 Å². The quantitative estimate of drug-likeness (QED) is 0.353. The van der Waals surface area contributed by atoms with Crippen molar-refractivity contribution >= 4 is 24.4 Å². The van der Waals surface area contributed by atoms with E-state index in [9.17, 15) is 10.2 Å². The first-order chi connectivity index (χ1) is 23.8. The van der Waals surface area contributed by atoms with Crippen molar-refractivity contribution < 1.29 is 36.9 Å². The van der Waals surface area contributed by atoms with E-state index in [1.807, 2.05) is 18.3 Å². The van der Waals surface area contributed by atoms with Crippen LogP contribution in [0, 0.1) is 0 Å². The standard InChI is InChI=1S/C40H59N5O2.C2H4O2.Co/c1-38(2,3)30-22-29(36(47)32(23-30)40(7,8)9)25-43-34-15-11-10-14-33(34)42-24-28-20-27(21-31(35(28)46)39(4,5)6)26-45-19-13-18-44-17-12-16-41-37(44)45;1-2(3)4;/h20-25,33-34,46-47H,10-19,26H2,1-9H3;1H3,(H,3,4);/q;;+3/p-3/t33-,34-;;/m1../s1. The summed E-state index contributed by atoms with van der Waals surface area (Å²) in [6, 6.07) is 8.19. The monoisotopic (exact) mass is 757 g/mol. The minimum Gasteiger partial charge on any atom is -0.872 e. The molecular weight excluding hydrogens is 697 g/mol. The van der Waals surface area contributed by atoms with Crippen molar-refractivity contribution in [3.8, 4) is 11.5 Å². The number of nitrogens with zero attached hydrogens (tertiary/aromatic N) is 5. The second-order valence-electron chi connectivity index (χ2n) is 17.5. The number of aliphatic carboxylic acids is 1. The Kier molecular flexibility index (Phi) is 14.6. The molecule has 0 amide bonds. The molecule has 1 saturated carbocycles. The zero-order valence-electron chi connectivity index (χ0n) is 33.1. The Balaban J connectivity index is 0.00000139. The molecule has 286 valence electrons. The molecular formula is C42H60CoN5O4. The van der Waals surface area contributed by atoms with E-state index in [0.717, 1.165) is 106 Å². The number of hydrogen-bond donors (Lipinski definition) is 0. The Bertz CT molecular complexity index is 1630. The maximum Gasteiger partial charge on any atom is 3.00 e. The van der Waals surface area contributed by atoms with Gasteiger partial charge in [-0.3, -0.25) is 15.0 Å². The Labute approximate surface area is 322 Å². The molecule has 2 fully saturated rings. The summed E-state index contributed by atoms with van der Waals surface area (Å²) < 4.78 is 0. The molecule has 9 nitrogen and oxygen atoms in total. The summed E-state index contributed by atoms with van der Waals surface area (Å²) in [7, 11) is 0. The third-order valence-corrected chi connectivity index (χ3v) is 9.92. The first kappa shape index (κ1) is 43.0. The van der Waals surface area contributed by atoms with E-state index in [2.05, 4.69) is 84.2 Å². The van der Waals surface area contributed by atoms with Gasteiger partial charge in [-0.15, -0.1) is 0 Å². The molecule has 2 aliphatic heterocycles. The van der Waals surface area contributed by atoms with Crippen LogP contribution < -0.4 is 15.3 Å². The number of guanidine groups is 1. The van der Waals surface area contributed by atoms with Gasteiger partial charge in [0.2, 0.25) is 0 Å². The second kappa shape index (κ2) is 17.6. The molecule has 0 N–H and O–H groups in total. The van der Waals surface area contributed by atoms with Crippen LogP contribution in [0.25, 0.3) is 0 Å². The molecule has 0 aromatic heterocycles. The van der Waals surface area contributed by atoms with Crippen molar-refractivity contribution in [1.29, 1.82) is 0 Å². The van der Waals surface area contributed by atoms with Crippen LogP contribution in [-0.4, -0.2) is 72.4 Å². The molecule has 1 saturated heterocycles. The van der Waals surface area contributed by atoms with Crippen LogP contribution in [0.15, 0.2) is 39.2 Å². The predicted molar refractivity (Wildman–Crippen MR) is 203 cm³/mol. The van der Waals surface area contributed by atoms with E-state index in [1.165, 1.54) is 0 Å². The Hall–Kier alpha value is -3.37. The largest absolute Gasteiger partial charge is 3.00 e. The van der Waals surface area contributed by atoms with Crippen molar-refractivity contribution in [3.05, 3.63) is 57.6 Å². The van der Waals surface area contributed by atoms with Crippen LogP contribution in [0.3, 0.4) is 0 Å². The number of carbonyl (C=O) groups excluding carboxylic acids is 1. The predicted octanol–water partition coefficient (Wildman–Crippen LogP) is 5.60. The zero-order chi connectivity index (χ0) is 37.7. The number of rotatable bonds is 6. The van der Waals surface area contributed by atoms with E-state index in [-0.39, 0.29) is 56.6 Å². The van der Waals surface area contributed by atoms with Crippen molar-refractivity contribution in [2.45, 2.75) is 143 Å². The molecule has 0 bridgehead atoms. The summed E-state index contributed by atoms with van der Waals surface area (Å²) in [5.74, 6) is 0.137. The van der Waals surface area contributed by atoms with Crippen molar-refractivity contribution in [2.75, 3.05) is 26.2 Å². The molecule has 1 aliphatic carbocycles. The average Bonchev–Trinajstić information content (AvgIpc) is 3.03. The van der Waals surface area contributed by atoms with E-state index >= 15 is 0 Å². The fourth-order valence-electron chi connectivity index (χ4n) is 7.06. The van der Waals surface area contributed by atoms with Crippen LogP contribution >= 0.6 is 0 Å². The fourth-order valence-corrected chi connectivity index (χ4v) is 7.06. The second-order valence-corrected chi connectivity index (χ2v) is 17.5. The fraction of sp³-hybridized carbons (Fsp3) is 0.619. The van der Waals surface area contributed by atoms with E-state index in [1.54, 1.807) is 6.21 Å². The molecule has 0 spiro atoms. The Morgan fingerprint density at radius 1 is 0.769 bits per heavy atom. The number of hydrogen-bond acceptors (Lipinski definition) is 9. The molecule has 5 rings (SSSR count). The van der Waals surface area contributed by atoms with Gasteiger partial charge in [-0.1, -0.05) is 105 Å². The van der Waals surface area contributed by atoms with E-state index in [4.69, 9.17) is 24.9 Å². The molecule has 2 heterocycles. The number of benzene rings is 2. The van der Waals surface area contributed by atoms with Crippen molar-refractivity contribution in [2.24, 2.45) is 15.0 Å². The molecule has 0 unspecified atom stereocenters. The van der Waals surface area contributed by atoms with Gasteiger partial charge in [0, 0.05) is 51.1 Å². The minimum atomic E-state index is -1.08. The van der Waals surface area contributed by atoms with Gasteiger partial charge in [0.15, 0.2) is 5.96 Å². The molecule has 2 aromatic rings. The van der Waals surface area contributed by atoms with Gasteiger partial charge in [0.25, 0.3) is 0 Å². The third kappa shape index (κ3) is 11.3. The average molecular weight is 758 g/mol. The van der Waals surface area contributed by atoms with Gasteiger partial charge in [0.05, 0.1) is 12.1 Å². The maximum absolute atomic E-state index is 13.8. The zero-order valence-corrected chi connectivity index (χ0v) is 34.1. The van der Waals surface area contributed by atoms with Crippen LogP contribution in [0.2, 0.25) is 0 Å². The van der Waals surface area contributed by atoms with Gasteiger partial charge in [-0.2, -0.15) is 0 Å². The maximum atomic E-state index is 13.8. The topological polar surface area (TPSA) is 130 Å². The molecule has 3 aliphatic rings. The summed E-state index contributed by atoms with van der Waals surface area (Å²) in [6.45, 7) is 24.9. The smallest absolute Gasteiger partial charge is 0.872 e. The first-order valence-electron chi connectivity index (χ1n) is 18.7. The summed E-state index contributed by atoms with van der Waals surface area (Å²) in [4.78, 5) is 28.6. The van der Waals surface area contributed by atoms with E-state index in [0.29, 0.717) is 11.1 Å². The van der Waals surface area contributed by atoms with Crippen LogP contribution in [0.4, 0.5) is 0 Å². The van der Waals surface area contributed by atoms with Crippen LogP contribution in [0.5, 0.6) is 11.5 Å². The summed E-state index contributed by atoms with van der Waals surface area (Å²) in [5.41, 5.74) is 4.60. The Morgan fingerprint density at radius 3 is 1.79 bits per heavy atom. The summed E-state index contributed by atoms with van der Waals surface area (Å²) in [5, 5.41) is 36.3. The van der Waals surface area contributed by atoms with Gasteiger partial charge < -0.3 is 29.9 Å². The van der Waals surface area contributed by atoms with Gasteiger partial charge >= 0.3 is 16.8 Å². The summed E-state index contributed by atoms with van der Waals surface area (Å²) in [6.07, 6.45) is 9.86. The van der Waals surface area contributed by atoms with Gasteiger partial charge in [-0.05, 0) is 88.3 Å². The summed E-state index contributed by atoms with van der Waals surface area (Å²) >= 11 is 0. The SMILES string of the molecule is CC(=O)[O-].CC(C)(C)c1cc(C=N[C@@H]2CCCC[C@H]2N=Cc2cc(CN3CCCN4CCCN=C43)cc(C(C)(C)C)c2[O-])c([O-])c(C(C)(C)C)c1.[Co+3]. The van der Waals surface area contributed by atoms with Crippen LogP contribution in [-0.2, 0) is 44.4 Å². The number of carboxylic acid groups (broad SMARTS) is 1. The first-order valence-corrected chi connectivity index (χ1v) is 18.7. The third-order valence-electron chi connectivity index (χ3n) is 9.92. The molecule has 0 radical (unpaired) electrons. The normalized spacial score (nSPS) is 19.8. The van der Waals surface area contributed by atoms with Crippen molar-refractivity contribution in [3.63, 3.8) is 0 Å². The molecule has 2 aromatic carbocycles. The molecule has 2 atom stereocenters. The number of aliphatic imine (C=N–C) groups is 3. The van der Waals surface area contributed by atoms with Crippen LogP contribution in [0.1, 0.15) is 141 Å². The number of carbonyl (C=O) groups is 1. The molecule has 10 heteroatoms. The number of fused-ring (bicyclic) bond motifs is 1. The van der Waals surface area contributed by atoms with Crippen molar-refractivity contribution in [1.82, 2.24) is 9.80 Å². The minimum absolute atomic E-state index is 0. The Morgan fingerprint density at radius 2 is 1.27 bits per heavy atom. The van der Waals surface area contributed by atoms with Gasteiger partial charge in [0.1, 0.15) is 0 Å². The molecule has 52 heavy (non-hydrogen) atoms. The number of carboxylic acids is 1. The van der Waals surface area contributed by atoms with E-state index < -0.39 is 5.97 Å².